The molecule has 2 heterocycles. The number of aliphatic carboxylic acids is 1. The topological polar surface area (TPSA) is 110 Å². The first kappa shape index (κ1) is 23.6. The van der Waals surface area contributed by atoms with Crippen LogP contribution in [0.1, 0.15) is 93.9 Å². The Kier molecular flexibility index (Phi) is 6.15. The van der Waals surface area contributed by atoms with Gasteiger partial charge in [-0.25, -0.2) is 4.79 Å². The molecule has 1 aliphatic heterocycles. The summed E-state index contributed by atoms with van der Waals surface area (Å²) in [6.45, 7) is 1.77. The largest absolute Gasteiger partial charge is 0.478 e. The van der Waals surface area contributed by atoms with Crippen LogP contribution in [0.4, 0.5) is 11.5 Å². The number of aromatic nitrogens is 2. The first-order chi connectivity index (χ1) is 16.8. The fourth-order valence-corrected chi connectivity index (χ4v) is 6.99. The van der Waals surface area contributed by atoms with Gasteiger partial charge in [0.1, 0.15) is 5.82 Å². The highest BCUT2D eigenvalue weighted by Gasteiger charge is 2.53. The molecule has 8 heteroatoms. The van der Waals surface area contributed by atoms with Crippen LogP contribution in [0.5, 0.6) is 0 Å². The number of hydrogen-bond acceptors (Lipinski definition) is 5. The lowest BCUT2D eigenvalue weighted by Gasteiger charge is -2.41. The van der Waals surface area contributed by atoms with E-state index in [9.17, 15) is 20.0 Å². The molecule has 1 atom stereocenters. The predicted octanol–water partition coefficient (Wildman–Crippen LogP) is 6.03. The molecule has 2 fully saturated rings. The molecule has 0 spiro atoms. The molecule has 0 amide bonds. The molecule has 0 bridgehead atoms. The van der Waals surface area contributed by atoms with Gasteiger partial charge < -0.3 is 10.4 Å². The molecule has 35 heavy (non-hydrogen) atoms. The van der Waals surface area contributed by atoms with E-state index >= 15 is 0 Å². The molecular weight excluding hydrogens is 444 g/mol. The predicted molar refractivity (Wildman–Crippen MR) is 133 cm³/mol. The maximum Gasteiger partial charge on any atom is 0.334 e. The van der Waals surface area contributed by atoms with E-state index < -0.39 is 11.4 Å². The van der Waals surface area contributed by atoms with Crippen molar-refractivity contribution in [3.63, 3.8) is 0 Å². The summed E-state index contributed by atoms with van der Waals surface area (Å²) in [5.74, 6) is 0.467. The minimum Gasteiger partial charge on any atom is -0.478 e. The second kappa shape index (κ2) is 9.13. The highest BCUT2D eigenvalue weighted by molar-refractivity contribution is 5.95. The molecule has 0 saturated heterocycles. The first-order valence-corrected chi connectivity index (χ1v) is 12.9. The van der Waals surface area contributed by atoms with E-state index in [4.69, 9.17) is 5.10 Å². The summed E-state index contributed by atoms with van der Waals surface area (Å²) < 4.78 is 1.81. The molecular formula is C27H34N4O4. The lowest BCUT2D eigenvalue weighted by molar-refractivity contribution is -0.385. The summed E-state index contributed by atoms with van der Waals surface area (Å²) >= 11 is 0. The van der Waals surface area contributed by atoms with Crippen LogP contribution in [0.15, 0.2) is 35.5 Å². The van der Waals surface area contributed by atoms with Crippen LogP contribution in [0.25, 0.3) is 0 Å². The SMILES string of the molecule is CC1=C(C(=O)O)C(CCC2CCCC2)(c2ccccc2[N+](=O)[O-])c2c(C3CCCC3)nn(C)c2N1. The van der Waals surface area contributed by atoms with E-state index in [-0.39, 0.29) is 22.1 Å². The summed E-state index contributed by atoms with van der Waals surface area (Å²) in [6, 6.07) is 6.73. The zero-order chi connectivity index (χ0) is 24.7. The molecule has 2 aliphatic carbocycles. The lowest BCUT2D eigenvalue weighted by atomic mass is 9.62. The van der Waals surface area contributed by atoms with Crippen molar-refractivity contribution in [2.24, 2.45) is 13.0 Å². The zero-order valence-electron chi connectivity index (χ0n) is 20.5. The van der Waals surface area contributed by atoms with E-state index in [1.54, 1.807) is 25.1 Å². The van der Waals surface area contributed by atoms with Crippen molar-refractivity contribution in [1.82, 2.24) is 9.78 Å². The number of carboxylic acids is 1. The number of carboxylic acid groups (broad SMARTS) is 1. The van der Waals surface area contributed by atoms with Crippen LogP contribution >= 0.6 is 0 Å². The maximum atomic E-state index is 13.0. The Hall–Kier alpha value is -3.16. The van der Waals surface area contributed by atoms with E-state index in [2.05, 4.69) is 5.32 Å². The average Bonchev–Trinajstić information content (AvgIpc) is 3.59. The molecule has 186 valence electrons. The van der Waals surface area contributed by atoms with Gasteiger partial charge in [0.05, 0.1) is 21.6 Å². The van der Waals surface area contributed by atoms with Gasteiger partial charge in [-0.15, -0.1) is 0 Å². The van der Waals surface area contributed by atoms with Gasteiger partial charge >= 0.3 is 5.97 Å². The standard InChI is InChI=1S/C27H34N4O4/c1-17-22(26(32)33)27(16-15-18-9-3-4-10-18,20-13-7-8-14-21(20)31(34)35)23-24(19-11-5-6-12-19)29-30(2)25(23)28-17/h7-8,13-14,18-19,28H,3-6,9-12,15-16H2,1-2H3,(H,32,33). The highest BCUT2D eigenvalue weighted by Crippen LogP contribution is 2.56. The van der Waals surface area contributed by atoms with Crippen LogP contribution in [-0.4, -0.2) is 25.8 Å². The molecule has 2 aromatic rings. The molecule has 1 unspecified atom stereocenters. The van der Waals surface area contributed by atoms with Crippen molar-refractivity contribution < 1.29 is 14.8 Å². The minimum atomic E-state index is -1.14. The number of rotatable bonds is 7. The van der Waals surface area contributed by atoms with Gasteiger partial charge in [0.2, 0.25) is 0 Å². The van der Waals surface area contributed by atoms with E-state index in [1.165, 1.54) is 18.9 Å². The van der Waals surface area contributed by atoms with Gasteiger partial charge in [-0.1, -0.05) is 56.7 Å². The van der Waals surface area contributed by atoms with Gasteiger partial charge in [0, 0.05) is 35.9 Å². The number of nitro benzene ring substituents is 1. The van der Waals surface area contributed by atoms with Crippen LogP contribution in [0, 0.1) is 16.0 Å². The van der Waals surface area contributed by atoms with Crippen molar-refractivity contribution in [1.29, 1.82) is 0 Å². The molecule has 5 rings (SSSR count). The second-order valence-corrected chi connectivity index (χ2v) is 10.5. The Balaban J connectivity index is 1.83. The average molecular weight is 479 g/mol. The number of para-hydroxylation sites is 1. The third-order valence-electron chi connectivity index (χ3n) is 8.53. The first-order valence-electron chi connectivity index (χ1n) is 12.9. The van der Waals surface area contributed by atoms with E-state index in [0.717, 1.165) is 62.0 Å². The van der Waals surface area contributed by atoms with Crippen LogP contribution in [-0.2, 0) is 17.3 Å². The number of nitro groups is 1. The minimum absolute atomic E-state index is 0.0282. The Labute approximate surface area is 205 Å². The monoisotopic (exact) mass is 478 g/mol. The number of fused-ring (bicyclic) bond motifs is 1. The zero-order valence-corrected chi connectivity index (χ0v) is 20.5. The maximum absolute atomic E-state index is 13.0. The third-order valence-corrected chi connectivity index (χ3v) is 8.53. The normalized spacial score (nSPS) is 22.9. The fraction of sp³-hybridized carbons (Fsp3) is 0.556. The van der Waals surface area contributed by atoms with Crippen LogP contribution < -0.4 is 5.32 Å². The summed E-state index contributed by atoms with van der Waals surface area (Å²) in [6.07, 6.45) is 10.2. The second-order valence-electron chi connectivity index (χ2n) is 10.5. The number of hydrogen-bond donors (Lipinski definition) is 2. The molecule has 0 radical (unpaired) electrons. The summed E-state index contributed by atoms with van der Waals surface area (Å²) in [5.41, 5.74) is 1.77. The van der Waals surface area contributed by atoms with Gasteiger partial charge in [-0.05, 0) is 38.5 Å². The Morgan fingerprint density at radius 3 is 2.51 bits per heavy atom. The number of nitrogens with zero attached hydrogens (tertiary/aromatic N) is 3. The lowest BCUT2D eigenvalue weighted by Crippen LogP contribution is -2.41. The van der Waals surface area contributed by atoms with Gasteiger partial charge in [0.25, 0.3) is 5.69 Å². The van der Waals surface area contributed by atoms with Gasteiger partial charge in [-0.3, -0.25) is 14.8 Å². The smallest absolute Gasteiger partial charge is 0.334 e. The Morgan fingerprint density at radius 2 is 1.86 bits per heavy atom. The quantitative estimate of drug-likeness (QED) is 0.371. The van der Waals surface area contributed by atoms with E-state index in [1.807, 2.05) is 11.7 Å². The van der Waals surface area contributed by atoms with Crippen LogP contribution in [0.2, 0.25) is 0 Å². The number of allylic oxidation sites excluding steroid dienone is 1. The molecule has 2 saturated carbocycles. The number of aryl methyl sites for hydroxylation is 1. The number of anilines is 1. The van der Waals surface area contributed by atoms with Gasteiger partial charge in [0.15, 0.2) is 0 Å². The summed E-state index contributed by atoms with van der Waals surface area (Å²) in [4.78, 5) is 24.9. The van der Waals surface area contributed by atoms with Crippen molar-refractivity contribution in [2.45, 2.75) is 82.5 Å². The molecule has 2 N–H and O–H groups in total. The van der Waals surface area contributed by atoms with E-state index in [0.29, 0.717) is 23.6 Å². The molecule has 8 nitrogen and oxygen atoms in total. The van der Waals surface area contributed by atoms with Gasteiger partial charge in [-0.2, -0.15) is 5.10 Å². The highest BCUT2D eigenvalue weighted by atomic mass is 16.6. The van der Waals surface area contributed by atoms with Crippen molar-refractivity contribution >= 4 is 17.5 Å². The number of benzene rings is 1. The Morgan fingerprint density at radius 1 is 1.20 bits per heavy atom. The summed E-state index contributed by atoms with van der Waals surface area (Å²) in [5, 5.41) is 31.2. The van der Waals surface area contributed by atoms with Crippen molar-refractivity contribution in [3.05, 3.63) is 62.5 Å². The fourth-order valence-electron chi connectivity index (χ4n) is 6.99. The van der Waals surface area contributed by atoms with Crippen molar-refractivity contribution in [2.75, 3.05) is 5.32 Å². The van der Waals surface area contributed by atoms with Crippen molar-refractivity contribution in [3.8, 4) is 0 Å². The molecule has 1 aromatic heterocycles. The Bertz CT molecular complexity index is 1190. The molecule has 3 aliphatic rings. The number of carbonyl (C=O) groups is 1. The van der Waals surface area contributed by atoms with Crippen LogP contribution in [0.3, 0.4) is 0 Å². The third kappa shape index (κ3) is 3.83. The summed E-state index contributed by atoms with van der Waals surface area (Å²) in [7, 11) is 1.88. The number of nitrogens with one attached hydrogen (secondary N) is 1. The molecule has 1 aromatic carbocycles.